The smallest absolute Gasteiger partial charge is 0.220 e. The minimum Gasteiger partial charge on any atom is -0.394 e. The van der Waals surface area contributed by atoms with Crippen LogP contribution in [-0.2, 0) is 23.7 Å². The molecule has 12 atom stereocenters. The maximum Gasteiger partial charge on any atom is 0.220 e. The first-order chi connectivity index (χ1) is 42.6. The molecule has 9 N–H and O–H groups in total. The predicted octanol–water partition coefficient (Wildman–Crippen LogP) is 15.7. The Labute approximate surface area is 533 Å². The summed E-state index contributed by atoms with van der Waals surface area (Å²) in [6, 6.07) is -0.910. The van der Waals surface area contributed by atoms with Gasteiger partial charge in [0.1, 0.15) is 48.8 Å². The van der Waals surface area contributed by atoms with Crippen LogP contribution in [0, 0.1) is 0 Å². The summed E-state index contributed by atoms with van der Waals surface area (Å²) in [5, 5.41) is 87.3. The van der Waals surface area contributed by atoms with Gasteiger partial charge in [-0.3, -0.25) is 4.79 Å². The molecule has 516 valence electrons. The second-order valence-corrected chi connectivity index (χ2v) is 26.8. The number of aliphatic hydroxyl groups excluding tert-OH is 8. The summed E-state index contributed by atoms with van der Waals surface area (Å²) in [6.07, 6.45) is 56.0. The quantitative estimate of drug-likeness (QED) is 0.0204. The molecule has 2 rings (SSSR count). The number of ether oxygens (including phenoxy) is 4. The molecule has 2 aliphatic heterocycles. The average Bonchev–Trinajstić information content (AvgIpc) is 2.65. The SMILES string of the molecule is CCCCCCCCCCCCCCC/C=C/C(O)C(COC1OC(CO)C(OC2OC(CO)C(O)C(O)C2O)C(O)C1O)NC(=O)CCCCCCCCCCCCCCCCCCCCCCCCCCCCCCCCCCCCCCCC. The number of carbonyl (C=O) groups excluding carboxylic acids is 1. The molecule has 2 heterocycles. The number of amides is 1. The topological polar surface area (TPSA) is 228 Å². The van der Waals surface area contributed by atoms with Crippen molar-refractivity contribution >= 4 is 5.91 Å². The number of carbonyl (C=O) groups is 1. The maximum absolute atomic E-state index is 13.3. The van der Waals surface area contributed by atoms with E-state index in [1.807, 2.05) is 6.08 Å². The number of aliphatic hydroxyl groups is 8. The zero-order valence-corrected chi connectivity index (χ0v) is 56.3. The Bertz CT molecular complexity index is 1510. The summed E-state index contributed by atoms with van der Waals surface area (Å²) in [7, 11) is 0. The first kappa shape index (κ1) is 81.8. The third kappa shape index (κ3) is 42.6. The van der Waals surface area contributed by atoms with Crippen molar-refractivity contribution in [3.63, 3.8) is 0 Å². The van der Waals surface area contributed by atoms with Crippen molar-refractivity contribution in [1.82, 2.24) is 5.32 Å². The van der Waals surface area contributed by atoms with Crippen molar-refractivity contribution < 1.29 is 64.6 Å². The van der Waals surface area contributed by atoms with Gasteiger partial charge in [0.25, 0.3) is 0 Å². The van der Waals surface area contributed by atoms with Crippen molar-refractivity contribution in [3.8, 4) is 0 Å². The first-order valence-electron chi connectivity index (χ1n) is 37.4. The van der Waals surface area contributed by atoms with Gasteiger partial charge in [0, 0.05) is 6.42 Å². The number of allylic oxidation sites excluding steroid dienone is 1. The largest absolute Gasteiger partial charge is 0.394 e. The van der Waals surface area contributed by atoms with Crippen LogP contribution in [0.5, 0.6) is 0 Å². The van der Waals surface area contributed by atoms with Gasteiger partial charge in [-0.05, 0) is 19.3 Å². The van der Waals surface area contributed by atoms with Crippen molar-refractivity contribution in [2.75, 3.05) is 19.8 Å². The van der Waals surface area contributed by atoms with E-state index in [0.29, 0.717) is 6.42 Å². The number of rotatable bonds is 63. The highest BCUT2D eigenvalue weighted by molar-refractivity contribution is 5.76. The van der Waals surface area contributed by atoms with E-state index in [9.17, 15) is 45.6 Å². The molecule has 0 saturated carbocycles. The van der Waals surface area contributed by atoms with Gasteiger partial charge in [-0.15, -0.1) is 0 Å². The van der Waals surface area contributed by atoms with E-state index in [2.05, 4.69) is 19.2 Å². The van der Waals surface area contributed by atoms with E-state index in [4.69, 9.17) is 18.9 Å². The zero-order valence-electron chi connectivity index (χ0n) is 56.3. The molecule has 14 nitrogen and oxygen atoms in total. The van der Waals surface area contributed by atoms with Crippen molar-refractivity contribution in [3.05, 3.63) is 12.2 Å². The van der Waals surface area contributed by atoms with Crippen LogP contribution < -0.4 is 5.32 Å². The molecule has 0 bridgehead atoms. The second kappa shape index (κ2) is 58.5. The number of unbranched alkanes of at least 4 members (excludes halogenated alkanes) is 50. The summed E-state index contributed by atoms with van der Waals surface area (Å²) < 4.78 is 22.8. The highest BCUT2D eigenvalue weighted by Crippen LogP contribution is 2.30. The zero-order chi connectivity index (χ0) is 63.1. The lowest BCUT2D eigenvalue weighted by Crippen LogP contribution is -2.65. The standard InChI is InChI=1S/C73H141NO13/c1-3-5-7-9-11-13-15-17-19-20-21-22-23-24-25-26-27-28-29-30-31-32-33-34-35-36-37-38-39-40-41-43-45-47-49-51-53-55-57-65(78)74-61(62(77)56-54-52-50-48-46-44-42-18-16-14-12-10-8-6-4-2)60-84-72-70(83)68(81)71(64(59-76)86-72)87-73-69(82)67(80)66(79)63(58-75)85-73/h54,56,61-64,66-73,75-77,79-83H,3-53,55,57-60H2,1-2H3,(H,74,78)/b56-54+. The Morgan fingerprint density at radius 2 is 0.713 bits per heavy atom. The third-order valence-electron chi connectivity index (χ3n) is 18.7. The normalized spacial score (nSPS) is 23.2. The lowest BCUT2D eigenvalue weighted by molar-refractivity contribution is -0.359. The lowest BCUT2D eigenvalue weighted by Gasteiger charge is -2.46. The molecule has 0 radical (unpaired) electrons. The summed E-state index contributed by atoms with van der Waals surface area (Å²) in [5.74, 6) is -0.231. The first-order valence-corrected chi connectivity index (χ1v) is 37.4. The molecule has 0 aromatic carbocycles. The van der Waals surface area contributed by atoms with Crippen molar-refractivity contribution in [2.24, 2.45) is 0 Å². The van der Waals surface area contributed by atoms with Crippen LogP contribution in [0.15, 0.2) is 12.2 Å². The molecule has 2 fully saturated rings. The molecule has 1 amide bonds. The molecule has 0 aromatic heterocycles. The third-order valence-corrected chi connectivity index (χ3v) is 18.7. The Morgan fingerprint density at radius 3 is 1.06 bits per heavy atom. The van der Waals surface area contributed by atoms with Gasteiger partial charge in [0.05, 0.1) is 32.0 Å². The van der Waals surface area contributed by atoms with Crippen LogP contribution in [0.3, 0.4) is 0 Å². The molecule has 0 aliphatic carbocycles. The van der Waals surface area contributed by atoms with E-state index in [0.717, 1.165) is 38.5 Å². The van der Waals surface area contributed by atoms with Gasteiger partial charge in [-0.1, -0.05) is 341 Å². The van der Waals surface area contributed by atoms with E-state index >= 15 is 0 Å². The molecule has 12 unspecified atom stereocenters. The Kier molecular flexibility index (Phi) is 55.1. The minimum absolute atomic E-state index is 0.231. The average molecular weight is 1240 g/mol. The Hall–Kier alpha value is -1.27. The molecule has 87 heavy (non-hydrogen) atoms. The van der Waals surface area contributed by atoms with Gasteiger partial charge in [-0.25, -0.2) is 0 Å². The number of nitrogens with one attached hydrogen (secondary N) is 1. The molecule has 0 spiro atoms. The lowest BCUT2D eigenvalue weighted by atomic mass is 9.97. The fourth-order valence-corrected chi connectivity index (χ4v) is 12.8. The van der Waals surface area contributed by atoms with Crippen LogP contribution in [0.1, 0.15) is 354 Å². The highest BCUT2D eigenvalue weighted by atomic mass is 16.7. The van der Waals surface area contributed by atoms with Crippen LogP contribution in [0.2, 0.25) is 0 Å². The molecular formula is C73H141NO13. The fourth-order valence-electron chi connectivity index (χ4n) is 12.8. The van der Waals surface area contributed by atoms with Crippen LogP contribution in [0.4, 0.5) is 0 Å². The summed E-state index contributed by atoms with van der Waals surface area (Å²) in [4.78, 5) is 13.3. The Balaban J connectivity index is 1.55. The van der Waals surface area contributed by atoms with E-state index in [1.165, 1.54) is 289 Å². The molecular weight excluding hydrogens is 1100 g/mol. The number of hydrogen-bond donors (Lipinski definition) is 9. The predicted molar refractivity (Wildman–Crippen MR) is 355 cm³/mol. The summed E-state index contributed by atoms with van der Waals surface area (Å²) >= 11 is 0. The second-order valence-electron chi connectivity index (χ2n) is 26.8. The van der Waals surface area contributed by atoms with Crippen LogP contribution >= 0.6 is 0 Å². The van der Waals surface area contributed by atoms with Crippen molar-refractivity contribution in [2.45, 2.75) is 428 Å². The van der Waals surface area contributed by atoms with E-state index in [-0.39, 0.29) is 18.9 Å². The van der Waals surface area contributed by atoms with Gasteiger partial charge in [-0.2, -0.15) is 0 Å². The van der Waals surface area contributed by atoms with Crippen molar-refractivity contribution in [1.29, 1.82) is 0 Å². The molecule has 2 saturated heterocycles. The van der Waals surface area contributed by atoms with Gasteiger partial charge < -0.3 is 65.1 Å². The van der Waals surface area contributed by atoms with E-state index < -0.39 is 86.8 Å². The van der Waals surface area contributed by atoms with Gasteiger partial charge in [0.2, 0.25) is 5.91 Å². The van der Waals surface area contributed by atoms with Crippen LogP contribution in [-0.4, -0.2) is 140 Å². The minimum atomic E-state index is -1.79. The number of hydrogen-bond acceptors (Lipinski definition) is 13. The summed E-state index contributed by atoms with van der Waals surface area (Å²) in [5.41, 5.74) is 0. The van der Waals surface area contributed by atoms with Gasteiger partial charge >= 0.3 is 0 Å². The molecule has 0 aromatic rings. The summed E-state index contributed by atoms with van der Waals surface area (Å²) in [6.45, 7) is 2.85. The molecule has 2 aliphatic rings. The monoisotopic (exact) mass is 1240 g/mol. The maximum atomic E-state index is 13.3. The Morgan fingerprint density at radius 1 is 0.402 bits per heavy atom. The molecule has 14 heteroatoms. The fraction of sp³-hybridized carbons (Fsp3) is 0.959. The highest BCUT2D eigenvalue weighted by Gasteiger charge is 2.51. The van der Waals surface area contributed by atoms with Crippen LogP contribution in [0.25, 0.3) is 0 Å². The van der Waals surface area contributed by atoms with E-state index in [1.54, 1.807) is 6.08 Å². The van der Waals surface area contributed by atoms with Gasteiger partial charge in [0.15, 0.2) is 12.6 Å².